The van der Waals surface area contributed by atoms with Crippen molar-refractivity contribution < 1.29 is 5.11 Å². The fourth-order valence-corrected chi connectivity index (χ4v) is 3.90. The van der Waals surface area contributed by atoms with Gasteiger partial charge in [0.15, 0.2) is 0 Å². The molecule has 3 aromatic rings. The van der Waals surface area contributed by atoms with Crippen molar-refractivity contribution in [2.45, 2.75) is 44.8 Å². The highest BCUT2D eigenvalue weighted by Crippen LogP contribution is 2.38. The van der Waals surface area contributed by atoms with Crippen LogP contribution in [0.5, 0.6) is 0 Å². The van der Waals surface area contributed by atoms with Crippen molar-refractivity contribution in [2.24, 2.45) is 5.92 Å². The minimum absolute atomic E-state index is 0.102. The number of aliphatic hydroxyl groups is 1. The van der Waals surface area contributed by atoms with Crippen LogP contribution >= 0.6 is 0 Å². The standard InChI is InChI=1S/C18H18N6O/c1-10(25)18-23-14-9-22-17-15(12(7-20)8-21-17)16(14)24(18)13-4-2-11(6-19)3-5-13/h8-11,13,25H,2-5H2,1H3,(H,21,22)/t10-,11?,13?/m1/s1. The molecular weight excluding hydrogens is 316 g/mol. The van der Waals surface area contributed by atoms with Crippen LogP contribution in [-0.2, 0) is 0 Å². The highest BCUT2D eigenvalue weighted by atomic mass is 16.3. The molecule has 3 aromatic heterocycles. The third-order valence-corrected chi connectivity index (χ3v) is 5.12. The molecule has 1 atom stereocenters. The van der Waals surface area contributed by atoms with Gasteiger partial charge in [0.05, 0.1) is 28.7 Å². The van der Waals surface area contributed by atoms with Crippen LogP contribution in [0.3, 0.4) is 0 Å². The molecule has 0 saturated heterocycles. The number of fused-ring (bicyclic) bond motifs is 3. The van der Waals surface area contributed by atoms with Gasteiger partial charge in [-0.25, -0.2) is 9.97 Å². The van der Waals surface area contributed by atoms with E-state index in [-0.39, 0.29) is 12.0 Å². The monoisotopic (exact) mass is 334 g/mol. The summed E-state index contributed by atoms with van der Waals surface area (Å²) in [6.07, 6.45) is 6.01. The van der Waals surface area contributed by atoms with E-state index in [1.165, 1.54) is 0 Å². The van der Waals surface area contributed by atoms with E-state index in [1.54, 1.807) is 19.3 Å². The summed E-state index contributed by atoms with van der Waals surface area (Å²) in [5.74, 6) is 0.694. The summed E-state index contributed by atoms with van der Waals surface area (Å²) in [6, 6.07) is 4.72. The van der Waals surface area contributed by atoms with E-state index in [2.05, 4.69) is 31.7 Å². The van der Waals surface area contributed by atoms with E-state index < -0.39 is 6.10 Å². The van der Waals surface area contributed by atoms with Crippen molar-refractivity contribution in [3.05, 3.63) is 23.8 Å². The maximum Gasteiger partial charge on any atom is 0.140 e. The number of imidazole rings is 1. The van der Waals surface area contributed by atoms with E-state index in [9.17, 15) is 10.4 Å². The van der Waals surface area contributed by atoms with E-state index in [0.29, 0.717) is 22.6 Å². The first kappa shape index (κ1) is 15.6. The number of hydrogen-bond donors (Lipinski definition) is 2. The molecule has 0 amide bonds. The average molecular weight is 334 g/mol. The van der Waals surface area contributed by atoms with Gasteiger partial charge in [-0.1, -0.05) is 0 Å². The summed E-state index contributed by atoms with van der Waals surface area (Å²) >= 11 is 0. The molecule has 0 unspecified atom stereocenters. The molecule has 1 saturated carbocycles. The molecule has 1 aliphatic carbocycles. The number of nitriles is 2. The molecule has 0 bridgehead atoms. The molecule has 1 aliphatic rings. The number of H-pyrrole nitrogens is 1. The maximum atomic E-state index is 10.3. The number of aromatic amines is 1. The van der Waals surface area contributed by atoms with Crippen LogP contribution in [0.25, 0.3) is 22.1 Å². The van der Waals surface area contributed by atoms with E-state index in [4.69, 9.17) is 5.26 Å². The minimum atomic E-state index is -0.722. The maximum absolute atomic E-state index is 10.3. The molecule has 0 radical (unpaired) electrons. The molecule has 7 heteroatoms. The molecule has 3 heterocycles. The Morgan fingerprint density at radius 1 is 1.32 bits per heavy atom. The third-order valence-electron chi connectivity index (χ3n) is 5.12. The largest absolute Gasteiger partial charge is 0.385 e. The quantitative estimate of drug-likeness (QED) is 0.747. The van der Waals surface area contributed by atoms with Gasteiger partial charge in [-0.3, -0.25) is 0 Å². The Bertz CT molecular complexity index is 1020. The molecule has 1 fully saturated rings. The lowest BCUT2D eigenvalue weighted by Gasteiger charge is -2.28. The van der Waals surface area contributed by atoms with Crippen molar-refractivity contribution in [1.82, 2.24) is 19.5 Å². The Kier molecular flexibility index (Phi) is 3.67. The summed E-state index contributed by atoms with van der Waals surface area (Å²) in [4.78, 5) is 12.0. The van der Waals surface area contributed by atoms with E-state index in [0.717, 1.165) is 36.6 Å². The molecule has 4 rings (SSSR count). The van der Waals surface area contributed by atoms with E-state index >= 15 is 0 Å². The first-order valence-corrected chi connectivity index (χ1v) is 8.49. The molecular formula is C18H18N6O. The number of pyridine rings is 1. The Hall–Kier alpha value is -2.90. The molecule has 2 N–H and O–H groups in total. The van der Waals surface area contributed by atoms with Crippen molar-refractivity contribution >= 4 is 22.1 Å². The lowest BCUT2D eigenvalue weighted by molar-refractivity contribution is 0.177. The fourth-order valence-electron chi connectivity index (χ4n) is 3.90. The summed E-state index contributed by atoms with van der Waals surface area (Å²) in [5.41, 5.74) is 2.70. The Morgan fingerprint density at radius 2 is 2.08 bits per heavy atom. The second kappa shape index (κ2) is 5.87. The van der Waals surface area contributed by atoms with Crippen LogP contribution in [0.2, 0.25) is 0 Å². The number of rotatable bonds is 2. The lowest BCUT2D eigenvalue weighted by Crippen LogP contribution is -2.20. The number of hydrogen-bond acceptors (Lipinski definition) is 5. The number of nitrogens with zero attached hydrogens (tertiary/aromatic N) is 5. The van der Waals surface area contributed by atoms with Crippen molar-refractivity contribution in [2.75, 3.05) is 0 Å². The second-order valence-electron chi connectivity index (χ2n) is 6.68. The summed E-state index contributed by atoms with van der Waals surface area (Å²) in [5, 5.41) is 29.6. The van der Waals surface area contributed by atoms with Gasteiger partial charge in [-0.05, 0) is 32.6 Å². The molecule has 7 nitrogen and oxygen atoms in total. The normalized spacial score (nSPS) is 21.9. The predicted molar refractivity (Wildman–Crippen MR) is 91.3 cm³/mol. The Balaban J connectivity index is 1.97. The van der Waals surface area contributed by atoms with Crippen LogP contribution in [0.15, 0.2) is 12.4 Å². The molecule has 0 spiro atoms. The van der Waals surface area contributed by atoms with Crippen LogP contribution in [0.1, 0.15) is 56.1 Å². The molecule has 0 aliphatic heterocycles. The van der Waals surface area contributed by atoms with Gasteiger partial charge in [0.1, 0.15) is 29.2 Å². The Labute approximate surface area is 144 Å². The minimum Gasteiger partial charge on any atom is -0.385 e. The van der Waals surface area contributed by atoms with Gasteiger partial charge in [0.2, 0.25) is 0 Å². The van der Waals surface area contributed by atoms with Gasteiger partial charge in [-0.2, -0.15) is 10.5 Å². The topological polar surface area (TPSA) is 114 Å². The van der Waals surface area contributed by atoms with Gasteiger partial charge in [0.25, 0.3) is 0 Å². The molecule has 126 valence electrons. The third kappa shape index (κ3) is 2.36. The summed E-state index contributed by atoms with van der Waals surface area (Å²) < 4.78 is 2.08. The zero-order chi connectivity index (χ0) is 17.6. The average Bonchev–Trinajstić information content (AvgIpc) is 3.22. The number of aromatic nitrogens is 4. The SMILES string of the molecule is C[C@@H](O)c1nc2cnc3[nH]cc(C#N)c3c2n1C1CCC(C#N)CC1. The fraction of sp³-hybridized carbons (Fsp3) is 0.444. The zero-order valence-electron chi connectivity index (χ0n) is 13.9. The highest BCUT2D eigenvalue weighted by molar-refractivity contribution is 6.04. The summed E-state index contributed by atoms with van der Waals surface area (Å²) in [6.45, 7) is 1.70. The van der Waals surface area contributed by atoms with Gasteiger partial charge in [0, 0.05) is 18.2 Å². The second-order valence-corrected chi connectivity index (χ2v) is 6.68. The smallest absolute Gasteiger partial charge is 0.140 e. The van der Waals surface area contributed by atoms with Crippen molar-refractivity contribution in [1.29, 1.82) is 10.5 Å². The van der Waals surface area contributed by atoms with E-state index in [1.807, 2.05) is 0 Å². The van der Waals surface area contributed by atoms with Crippen LogP contribution < -0.4 is 0 Å². The van der Waals surface area contributed by atoms with Crippen LogP contribution in [-0.4, -0.2) is 24.6 Å². The van der Waals surface area contributed by atoms with Gasteiger partial charge >= 0.3 is 0 Å². The molecule has 0 aromatic carbocycles. The number of nitrogens with one attached hydrogen (secondary N) is 1. The Morgan fingerprint density at radius 3 is 2.72 bits per heavy atom. The highest BCUT2D eigenvalue weighted by Gasteiger charge is 2.28. The van der Waals surface area contributed by atoms with Crippen molar-refractivity contribution in [3.63, 3.8) is 0 Å². The molecule has 25 heavy (non-hydrogen) atoms. The van der Waals surface area contributed by atoms with Crippen molar-refractivity contribution in [3.8, 4) is 12.1 Å². The lowest BCUT2D eigenvalue weighted by atomic mass is 9.86. The first-order chi connectivity index (χ1) is 12.1. The first-order valence-electron chi connectivity index (χ1n) is 8.49. The van der Waals surface area contributed by atoms with Crippen LogP contribution in [0, 0.1) is 28.6 Å². The van der Waals surface area contributed by atoms with Crippen LogP contribution in [0.4, 0.5) is 0 Å². The zero-order valence-corrected chi connectivity index (χ0v) is 13.9. The summed E-state index contributed by atoms with van der Waals surface area (Å²) in [7, 11) is 0. The van der Waals surface area contributed by atoms with Gasteiger partial charge in [-0.15, -0.1) is 0 Å². The van der Waals surface area contributed by atoms with Gasteiger partial charge < -0.3 is 14.7 Å². The number of aliphatic hydroxyl groups excluding tert-OH is 1. The predicted octanol–water partition coefficient (Wildman–Crippen LogP) is 3.09.